The Kier molecular flexibility index (Phi) is 5.64. The van der Waals surface area contributed by atoms with E-state index in [1.165, 1.54) is 0 Å². The second-order valence-electron chi connectivity index (χ2n) is 1.64. The smallest absolute Gasteiger partial charge is 0.124 e. The number of aldehydes is 1. The summed E-state index contributed by atoms with van der Waals surface area (Å²) in [7, 11) is 0. The van der Waals surface area contributed by atoms with Crippen LogP contribution in [0.3, 0.4) is 0 Å². The molecule has 0 aromatic carbocycles. The molecule has 0 atom stereocenters. The van der Waals surface area contributed by atoms with Crippen LogP contribution in [0.2, 0.25) is 0 Å². The molecule has 0 aromatic heterocycles. The standard InChI is InChI=1S/C7H8BrClO/c1-2-7(9)5-6(8)3-4-10/h2,4-5H,3H2,1H3/b6-5+,7-2+. The van der Waals surface area contributed by atoms with E-state index in [9.17, 15) is 4.79 Å². The van der Waals surface area contributed by atoms with Crippen LogP contribution in [-0.2, 0) is 4.79 Å². The first-order valence-electron chi connectivity index (χ1n) is 2.82. The highest BCUT2D eigenvalue weighted by molar-refractivity contribution is 9.11. The van der Waals surface area contributed by atoms with Crippen LogP contribution in [0.5, 0.6) is 0 Å². The summed E-state index contributed by atoms with van der Waals surface area (Å²) < 4.78 is 0.797. The SMILES string of the molecule is C/C=C(Cl)\C=C(\Br)CC=O. The maximum atomic E-state index is 9.95. The Morgan fingerprint density at radius 2 is 2.30 bits per heavy atom. The highest BCUT2D eigenvalue weighted by Gasteiger charge is 1.89. The maximum Gasteiger partial charge on any atom is 0.124 e. The summed E-state index contributed by atoms with van der Waals surface area (Å²) in [6.07, 6.45) is 4.66. The molecule has 0 aromatic rings. The second-order valence-corrected chi connectivity index (χ2v) is 3.09. The van der Waals surface area contributed by atoms with Gasteiger partial charge in [0.1, 0.15) is 6.29 Å². The Morgan fingerprint density at radius 1 is 1.70 bits per heavy atom. The van der Waals surface area contributed by atoms with Crippen molar-refractivity contribution in [3.63, 3.8) is 0 Å². The van der Waals surface area contributed by atoms with E-state index >= 15 is 0 Å². The summed E-state index contributed by atoms with van der Waals surface area (Å²) >= 11 is 8.82. The number of hydrogen-bond donors (Lipinski definition) is 0. The average Bonchev–Trinajstić information content (AvgIpc) is 1.88. The minimum Gasteiger partial charge on any atom is -0.303 e. The van der Waals surface area contributed by atoms with Crippen LogP contribution >= 0.6 is 27.5 Å². The van der Waals surface area contributed by atoms with E-state index in [4.69, 9.17) is 11.6 Å². The number of rotatable bonds is 3. The largest absolute Gasteiger partial charge is 0.303 e. The van der Waals surface area contributed by atoms with Gasteiger partial charge >= 0.3 is 0 Å². The van der Waals surface area contributed by atoms with Crippen molar-refractivity contribution in [1.82, 2.24) is 0 Å². The number of carbonyl (C=O) groups is 1. The summed E-state index contributed by atoms with van der Waals surface area (Å²) in [5.74, 6) is 0. The molecule has 0 rings (SSSR count). The first-order chi connectivity index (χ1) is 4.70. The number of carbonyl (C=O) groups excluding carboxylic acids is 1. The third-order valence-corrected chi connectivity index (χ3v) is 1.73. The van der Waals surface area contributed by atoms with Crippen molar-refractivity contribution in [1.29, 1.82) is 0 Å². The maximum absolute atomic E-state index is 9.95. The van der Waals surface area contributed by atoms with Gasteiger partial charge in [-0.1, -0.05) is 33.6 Å². The van der Waals surface area contributed by atoms with Gasteiger partial charge in [0, 0.05) is 15.9 Å². The lowest BCUT2D eigenvalue weighted by Gasteiger charge is -1.89. The molecule has 3 heteroatoms. The van der Waals surface area contributed by atoms with Gasteiger partial charge in [0.2, 0.25) is 0 Å². The quantitative estimate of drug-likeness (QED) is 0.531. The van der Waals surface area contributed by atoms with Crippen molar-refractivity contribution in [3.05, 3.63) is 21.7 Å². The van der Waals surface area contributed by atoms with Gasteiger partial charge in [-0.3, -0.25) is 0 Å². The molecule has 0 heterocycles. The third kappa shape index (κ3) is 4.77. The normalized spacial score (nSPS) is 13.5. The Balaban J connectivity index is 4.02. The van der Waals surface area contributed by atoms with E-state index < -0.39 is 0 Å². The second kappa shape index (κ2) is 5.69. The molecule has 0 saturated heterocycles. The molecular weight excluding hydrogens is 215 g/mol. The van der Waals surface area contributed by atoms with Crippen LogP contribution in [0.15, 0.2) is 21.7 Å². The summed E-state index contributed by atoms with van der Waals surface area (Å²) in [6.45, 7) is 1.83. The summed E-state index contributed by atoms with van der Waals surface area (Å²) in [4.78, 5) is 9.95. The van der Waals surface area contributed by atoms with Crippen molar-refractivity contribution < 1.29 is 4.79 Å². The Labute approximate surface area is 73.9 Å². The van der Waals surface area contributed by atoms with Gasteiger partial charge in [0.25, 0.3) is 0 Å². The molecule has 0 unspecified atom stereocenters. The topological polar surface area (TPSA) is 17.1 Å². The van der Waals surface area contributed by atoms with Crippen molar-refractivity contribution in [3.8, 4) is 0 Å². The lowest BCUT2D eigenvalue weighted by atomic mass is 10.4. The number of halogens is 2. The van der Waals surface area contributed by atoms with Gasteiger partial charge < -0.3 is 4.79 Å². The van der Waals surface area contributed by atoms with Crippen LogP contribution in [-0.4, -0.2) is 6.29 Å². The highest BCUT2D eigenvalue weighted by atomic mass is 79.9. The van der Waals surface area contributed by atoms with Gasteiger partial charge in [0.15, 0.2) is 0 Å². The van der Waals surface area contributed by atoms with Crippen molar-refractivity contribution in [2.45, 2.75) is 13.3 Å². The van der Waals surface area contributed by atoms with Crippen molar-refractivity contribution in [2.24, 2.45) is 0 Å². The van der Waals surface area contributed by atoms with Crippen LogP contribution in [0, 0.1) is 0 Å². The summed E-state index contributed by atoms with van der Waals surface area (Å²) in [6, 6.07) is 0. The fourth-order valence-electron chi connectivity index (χ4n) is 0.371. The Morgan fingerprint density at radius 3 is 2.70 bits per heavy atom. The molecule has 0 saturated carbocycles. The summed E-state index contributed by atoms with van der Waals surface area (Å²) in [5.41, 5.74) is 0. The molecule has 10 heavy (non-hydrogen) atoms. The van der Waals surface area contributed by atoms with E-state index in [0.717, 1.165) is 10.8 Å². The van der Waals surface area contributed by atoms with Crippen LogP contribution in [0.1, 0.15) is 13.3 Å². The van der Waals surface area contributed by atoms with E-state index in [1.54, 1.807) is 12.2 Å². The molecule has 0 aliphatic rings. The fourth-order valence-corrected chi connectivity index (χ4v) is 1.01. The number of hydrogen-bond acceptors (Lipinski definition) is 1. The average molecular weight is 223 g/mol. The van der Waals surface area contributed by atoms with Crippen LogP contribution < -0.4 is 0 Å². The Hall–Kier alpha value is -0.0800. The minimum atomic E-state index is 0.379. The predicted octanol–water partition coefficient (Wildman–Crippen LogP) is 3.00. The van der Waals surface area contributed by atoms with Crippen LogP contribution in [0.25, 0.3) is 0 Å². The zero-order valence-corrected chi connectivity index (χ0v) is 7.95. The molecule has 0 N–H and O–H groups in total. The lowest BCUT2D eigenvalue weighted by molar-refractivity contribution is -0.107. The fraction of sp³-hybridized carbons (Fsp3) is 0.286. The van der Waals surface area contributed by atoms with E-state index in [2.05, 4.69) is 15.9 Å². The van der Waals surface area contributed by atoms with Gasteiger partial charge in [-0.25, -0.2) is 0 Å². The molecule has 0 fully saturated rings. The predicted molar refractivity (Wildman–Crippen MR) is 47.3 cm³/mol. The van der Waals surface area contributed by atoms with Gasteiger partial charge in [0.05, 0.1) is 0 Å². The zero-order chi connectivity index (χ0) is 7.98. The zero-order valence-electron chi connectivity index (χ0n) is 5.60. The Bertz CT molecular complexity index is 172. The van der Waals surface area contributed by atoms with Gasteiger partial charge in [-0.2, -0.15) is 0 Å². The van der Waals surface area contributed by atoms with E-state index in [0.29, 0.717) is 11.5 Å². The molecule has 1 nitrogen and oxygen atoms in total. The molecule has 0 radical (unpaired) electrons. The van der Waals surface area contributed by atoms with Crippen molar-refractivity contribution in [2.75, 3.05) is 0 Å². The molecule has 0 aliphatic heterocycles. The van der Waals surface area contributed by atoms with Gasteiger partial charge in [-0.15, -0.1) is 0 Å². The monoisotopic (exact) mass is 222 g/mol. The third-order valence-electron chi connectivity index (χ3n) is 0.849. The first-order valence-corrected chi connectivity index (χ1v) is 3.99. The lowest BCUT2D eigenvalue weighted by Crippen LogP contribution is -1.73. The van der Waals surface area contributed by atoms with E-state index in [1.807, 2.05) is 6.92 Å². The molecule has 0 bridgehead atoms. The van der Waals surface area contributed by atoms with Crippen molar-refractivity contribution >= 4 is 33.8 Å². The molecule has 0 aliphatic carbocycles. The molecule has 0 spiro atoms. The molecule has 56 valence electrons. The number of allylic oxidation sites excluding steroid dienone is 4. The van der Waals surface area contributed by atoms with E-state index in [-0.39, 0.29) is 0 Å². The minimum absolute atomic E-state index is 0.379. The molecule has 0 amide bonds. The first kappa shape index (κ1) is 9.92. The van der Waals surface area contributed by atoms with Crippen LogP contribution in [0.4, 0.5) is 0 Å². The van der Waals surface area contributed by atoms with Gasteiger partial charge in [-0.05, 0) is 13.0 Å². The summed E-state index contributed by atoms with van der Waals surface area (Å²) in [5, 5.41) is 0.633. The molecular formula is C7H8BrClO. The highest BCUT2D eigenvalue weighted by Crippen LogP contribution is 2.14.